The fraction of sp³-hybridized carbons (Fsp3) is 0.385. The van der Waals surface area contributed by atoms with Crippen LogP contribution in [0.5, 0.6) is 5.75 Å². The van der Waals surface area contributed by atoms with Gasteiger partial charge >= 0.3 is 0 Å². The number of benzene rings is 2. The van der Waals surface area contributed by atoms with Crippen LogP contribution >= 0.6 is 0 Å². The van der Waals surface area contributed by atoms with Crippen LogP contribution in [0.1, 0.15) is 35.3 Å². The Labute approximate surface area is 194 Å². The predicted octanol–water partition coefficient (Wildman–Crippen LogP) is 4.55. The van der Waals surface area contributed by atoms with Crippen LogP contribution in [-0.2, 0) is 11.3 Å². The van der Waals surface area contributed by atoms with Gasteiger partial charge in [-0.2, -0.15) is 0 Å². The Morgan fingerprint density at radius 2 is 1.88 bits per heavy atom. The summed E-state index contributed by atoms with van der Waals surface area (Å²) in [4.78, 5) is 17.5. The Morgan fingerprint density at radius 3 is 2.52 bits per heavy atom. The van der Waals surface area contributed by atoms with Gasteiger partial charge in [-0.25, -0.2) is 0 Å². The molecule has 1 aliphatic heterocycles. The number of amides is 1. The Kier molecular flexibility index (Phi) is 6.99. The van der Waals surface area contributed by atoms with E-state index in [-0.39, 0.29) is 11.9 Å². The summed E-state index contributed by atoms with van der Waals surface area (Å²) in [6.45, 7) is 9.22. The summed E-state index contributed by atoms with van der Waals surface area (Å²) in [6, 6.07) is 15.4. The summed E-state index contributed by atoms with van der Waals surface area (Å²) in [5.41, 5.74) is 4.43. The second-order valence-electron chi connectivity index (χ2n) is 8.54. The fourth-order valence-corrected chi connectivity index (χ4v) is 4.04. The number of ether oxygens (including phenoxy) is 2. The average Bonchev–Trinajstić information content (AvgIpc) is 3.26. The van der Waals surface area contributed by atoms with Crippen LogP contribution in [0.25, 0.3) is 11.3 Å². The van der Waals surface area contributed by atoms with Crippen LogP contribution in [-0.4, -0.2) is 55.4 Å². The molecule has 2 aromatic carbocycles. The van der Waals surface area contributed by atoms with E-state index in [4.69, 9.17) is 14.0 Å². The van der Waals surface area contributed by atoms with Crippen molar-refractivity contribution in [2.75, 3.05) is 38.3 Å². The summed E-state index contributed by atoms with van der Waals surface area (Å²) in [5.74, 6) is 1.39. The van der Waals surface area contributed by atoms with E-state index >= 15 is 0 Å². The van der Waals surface area contributed by atoms with Crippen molar-refractivity contribution in [3.63, 3.8) is 0 Å². The lowest BCUT2D eigenvalue weighted by atomic mass is 10.0. The van der Waals surface area contributed by atoms with Gasteiger partial charge in [0.15, 0.2) is 0 Å². The summed E-state index contributed by atoms with van der Waals surface area (Å²) in [7, 11) is 1.61. The zero-order valence-corrected chi connectivity index (χ0v) is 19.7. The second kappa shape index (κ2) is 10.1. The van der Waals surface area contributed by atoms with E-state index in [9.17, 15) is 4.79 Å². The van der Waals surface area contributed by atoms with Crippen LogP contribution in [0.15, 0.2) is 53.1 Å². The molecule has 174 valence electrons. The Hall–Kier alpha value is -3.32. The molecule has 0 aliphatic carbocycles. The van der Waals surface area contributed by atoms with Crippen molar-refractivity contribution in [3.05, 3.63) is 65.2 Å². The number of carbonyl (C=O) groups excluding carboxylic acids is 1. The van der Waals surface area contributed by atoms with Gasteiger partial charge in [-0.05, 0) is 51.1 Å². The van der Waals surface area contributed by atoms with Crippen molar-refractivity contribution < 1.29 is 18.8 Å². The molecule has 7 nitrogen and oxygen atoms in total. The number of rotatable bonds is 7. The molecule has 0 bridgehead atoms. The largest absolute Gasteiger partial charge is 0.497 e. The molecule has 2 heterocycles. The molecule has 1 amide bonds. The van der Waals surface area contributed by atoms with Crippen LogP contribution in [0, 0.1) is 6.92 Å². The third kappa shape index (κ3) is 5.03. The lowest BCUT2D eigenvalue weighted by Crippen LogP contribution is -2.39. The summed E-state index contributed by atoms with van der Waals surface area (Å²) in [6.07, 6.45) is 0. The van der Waals surface area contributed by atoms with E-state index in [1.807, 2.05) is 43.0 Å². The molecule has 1 saturated heterocycles. The third-order valence-corrected chi connectivity index (χ3v) is 5.91. The van der Waals surface area contributed by atoms with E-state index in [2.05, 4.69) is 29.1 Å². The number of aryl methyl sites for hydroxylation is 1. The maximum atomic E-state index is 13.5. The van der Waals surface area contributed by atoms with E-state index in [0.717, 1.165) is 41.2 Å². The molecule has 33 heavy (non-hydrogen) atoms. The van der Waals surface area contributed by atoms with E-state index in [1.165, 1.54) is 0 Å². The Morgan fingerprint density at radius 1 is 1.15 bits per heavy atom. The first kappa shape index (κ1) is 22.9. The molecule has 4 rings (SSSR count). The standard InChI is InChI=1S/C26H31N3O4/c1-18(2)29(25(30)20-8-10-22(31-4)11-9-20)17-23-24(21-7-5-6-19(3)16-21)27-33-26(23)28-12-14-32-15-13-28/h5-11,16,18H,12-15,17H2,1-4H3. The number of morpholine rings is 1. The number of hydrogen-bond donors (Lipinski definition) is 0. The van der Waals surface area contributed by atoms with Crippen LogP contribution in [0.3, 0.4) is 0 Å². The quantitative estimate of drug-likeness (QED) is 0.527. The SMILES string of the molecule is COc1ccc(C(=O)N(Cc2c(-c3cccc(C)c3)noc2N2CCOCC2)C(C)C)cc1. The molecule has 0 unspecified atom stereocenters. The second-order valence-corrected chi connectivity index (χ2v) is 8.54. The van der Waals surface area contributed by atoms with Crippen molar-refractivity contribution in [1.29, 1.82) is 0 Å². The molecule has 1 aromatic heterocycles. The summed E-state index contributed by atoms with van der Waals surface area (Å²) in [5, 5.41) is 4.46. The lowest BCUT2D eigenvalue weighted by Gasteiger charge is -2.30. The molecule has 0 atom stereocenters. The minimum absolute atomic E-state index is 0.0163. The molecule has 0 radical (unpaired) electrons. The maximum absolute atomic E-state index is 13.5. The highest BCUT2D eigenvalue weighted by Gasteiger charge is 2.28. The number of aromatic nitrogens is 1. The van der Waals surface area contributed by atoms with E-state index in [1.54, 1.807) is 19.2 Å². The van der Waals surface area contributed by atoms with Crippen LogP contribution < -0.4 is 9.64 Å². The highest BCUT2D eigenvalue weighted by molar-refractivity contribution is 5.94. The average molecular weight is 450 g/mol. The van der Waals surface area contributed by atoms with Crippen LogP contribution in [0.2, 0.25) is 0 Å². The first-order valence-electron chi connectivity index (χ1n) is 11.3. The number of carbonyl (C=O) groups is 1. The minimum atomic E-state index is -0.0445. The van der Waals surface area contributed by atoms with Gasteiger partial charge in [0.1, 0.15) is 11.4 Å². The highest BCUT2D eigenvalue weighted by Crippen LogP contribution is 2.34. The molecular weight excluding hydrogens is 418 g/mol. The normalized spacial score (nSPS) is 13.9. The van der Waals surface area contributed by atoms with Gasteiger partial charge < -0.3 is 23.8 Å². The van der Waals surface area contributed by atoms with Gasteiger partial charge in [-0.15, -0.1) is 0 Å². The van der Waals surface area contributed by atoms with Crippen molar-refractivity contribution in [2.45, 2.75) is 33.4 Å². The number of hydrogen-bond acceptors (Lipinski definition) is 6. The molecule has 1 fully saturated rings. The van der Waals surface area contributed by atoms with Gasteiger partial charge in [-0.1, -0.05) is 28.9 Å². The zero-order valence-electron chi connectivity index (χ0n) is 19.7. The number of methoxy groups -OCH3 is 1. The van der Waals surface area contributed by atoms with Crippen molar-refractivity contribution in [1.82, 2.24) is 10.1 Å². The number of anilines is 1. The first-order valence-corrected chi connectivity index (χ1v) is 11.3. The summed E-state index contributed by atoms with van der Waals surface area (Å²) < 4.78 is 16.7. The molecule has 0 saturated carbocycles. The first-order chi connectivity index (χ1) is 16.0. The molecule has 3 aromatic rings. The van der Waals surface area contributed by atoms with Crippen molar-refractivity contribution >= 4 is 11.8 Å². The lowest BCUT2D eigenvalue weighted by molar-refractivity contribution is 0.0690. The van der Waals surface area contributed by atoms with Crippen molar-refractivity contribution in [3.8, 4) is 17.0 Å². The minimum Gasteiger partial charge on any atom is -0.497 e. The van der Waals surface area contributed by atoms with Gasteiger partial charge in [0.2, 0.25) is 5.88 Å². The predicted molar refractivity (Wildman–Crippen MR) is 128 cm³/mol. The molecule has 7 heteroatoms. The van der Waals surface area contributed by atoms with Gasteiger partial charge in [0.05, 0.1) is 32.4 Å². The Bertz CT molecular complexity index is 1090. The van der Waals surface area contributed by atoms with Gasteiger partial charge in [0.25, 0.3) is 5.91 Å². The van der Waals surface area contributed by atoms with Crippen LogP contribution in [0.4, 0.5) is 5.88 Å². The number of nitrogens with zero attached hydrogens (tertiary/aromatic N) is 3. The van der Waals surface area contributed by atoms with E-state index in [0.29, 0.717) is 31.2 Å². The molecule has 0 N–H and O–H groups in total. The molecule has 1 aliphatic rings. The van der Waals surface area contributed by atoms with E-state index < -0.39 is 0 Å². The van der Waals surface area contributed by atoms with Gasteiger partial charge in [0, 0.05) is 30.3 Å². The van der Waals surface area contributed by atoms with Crippen molar-refractivity contribution in [2.24, 2.45) is 0 Å². The Balaban J connectivity index is 1.72. The molecule has 0 spiro atoms. The highest BCUT2D eigenvalue weighted by atomic mass is 16.5. The smallest absolute Gasteiger partial charge is 0.254 e. The monoisotopic (exact) mass is 449 g/mol. The zero-order chi connectivity index (χ0) is 23.4. The summed E-state index contributed by atoms with van der Waals surface area (Å²) >= 11 is 0. The topological polar surface area (TPSA) is 68.0 Å². The molecular formula is C26H31N3O4. The maximum Gasteiger partial charge on any atom is 0.254 e. The third-order valence-electron chi connectivity index (χ3n) is 5.91. The fourth-order valence-electron chi connectivity index (χ4n) is 4.04. The van der Waals surface area contributed by atoms with Gasteiger partial charge in [-0.3, -0.25) is 4.79 Å².